The molecule has 0 aliphatic carbocycles. The van der Waals surface area contributed by atoms with Crippen LogP contribution in [0.2, 0.25) is 0 Å². The van der Waals surface area contributed by atoms with Gasteiger partial charge in [0.25, 0.3) is 0 Å². The number of carbonyl (C=O) groups is 2. The average Bonchev–Trinajstić information content (AvgIpc) is 2.23. The molecular weight excluding hydrogens is 220 g/mol. The average molecular weight is 242 g/mol. The van der Waals surface area contributed by atoms with Gasteiger partial charge in [-0.05, 0) is 33.1 Å². The summed E-state index contributed by atoms with van der Waals surface area (Å²) in [5, 5.41) is 10.5. The Balaban J connectivity index is 2.31. The second-order valence-corrected chi connectivity index (χ2v) is 4.82. The first-order valence-corrected chi connectivity index (χ1v) is 6.30. The highest BCUT2D eigenvalue weighted by atomic mass is 16.4. The Morgan fingerprint density at radius 2 is 1.82 bits per heavy atom. The van der Waals surface area contributed by atoms with Crippen LogP contribution in [-0.4, -0.2) is 34.1 Å². The molecule has 1 rings (SSSR count). The number of nitrogens with one attached hydrogen (secondary N) is 1. The number of carboxylic acids is 1. The van der Waals surface area contributed by atoms with Crippen LogP contribution >= 0.6 is 0 Å². The molecule has 98 valence electrons. The number of amides is 1. The molecule has 2 atom stereocenters. The summed E-state index contributed by atoms with van der Waals surface area (Å²) in [6.07, 6.45) is 4.13. The van der Waals surface area contributed by atoms with E-state index in [1.807, 2.05) is 5.01 Å². The predicted molar refractivity (Wildman–Crippen MR) is 64.2 cm³/mol. The van der Waals surface area contributed by atoms with E-state index in [0.717, 1.165) is 12.8 Å². The van der Waals surface area contributed by atoms with Gasteiger partial charge in [-0.25, -0.2) is 5.01 Å². The van der Waals surface area contributed by atoms with Crippen molar-refractivity contribution in [2.75, 3.05) is 0 Å². The second-order valence-electron chi connectivity index (χ2n) is 4.82. The predicted octanol–water partition coefficient (Wildman–Crippen LogP) is 1.54. The van der Waals surface area contributed by atoms with E-state index in [-0.39, 0.29) is 18.7 Å². The number of hydrazine groups is 1. The zero-order valence-electron chi connectivity index (χ0n) is 10.6. The van der Waals surface area contributed by atoms with Gasteiger partial charge < -0.3 is 5.11 Å². The van der Waals surface area contributed by atoms with E-state index in [2.05, 4.69) is 19.3 Å². The fourth-order valence-corrected chi connectivity index (χ4v) is 2.24. The summed E-state index contributed by atoms with van der Waals surface area (Å²) in [5.41, 5.74) is 2.89. The van der Waals surface area contributed by atoms with Crippen molar-refractivity contribution < 1.29 is 14.7 Å². The monoisotopic (exact) mass is 242 g/mol. The van der Waals surface area contributed by atoms with Crippen LogP contribution in [0.1, 0.15) is 52.4 Å². The van der Waals surface area contributed by atoms with Crippen LogP contribution in [0.3, 0.4) is 0 Å². The molecule has 0 saturated carbocycles. The lowest BCUT2D eigenvalue weighted by Crippen LogP contribution is -2.54. The van der Waals surface area contributed by atoms with E-state index in [4.69, 9.17) is 5.11 Å². The third-order valence-electron chi connectivity index (χ3n) is 3.24. The number of carboxylic acid groups (broad SMARTS) is 1. The largest absolute Gasteiger partial charge is 0.481 e. The lowest BCUT2D eigenvalue weighted by atomic mass is 10.00. The third kappa shape index (κ3) is 4.73. The van der Waals surface area contributed by atoms with Crippen molar-refractivity contribution >= 4 is 11.9 Å². The number of nitrogens with zero attached hydrogens (tertiary/aromatic N) is 1. The molecule has 0 spiro atoms. The highest BCUT2D eigenvalue weighted by Crippen LogP contribution is 2.20. The molecule has 1 aliphatic rings. The molecule has 0 radical (unpaired) electrons. The molecule has 5 heteroatoms. The van der Waals surface area contributed by atoms with Gasteiger partial charge in [0.1, 0.15) is 0 Å². The van der Waals surface area contributed by atoms with Gasteiger partial charge in [-0.15, -0.1) is 0 Å². The van der Waals surface area contributed by atoms with Crippen LogP contribution in [0.4, 0.5) is 0 Å². The number of hydrogen-bond donors (Lipinski definition) is 2. The van der Waals surface area contributed by atoms with E-state index < -0.39 is 5.97 Å². The number of piperidine rings is 1. The Morgan fingerprint density at radius 3 is 2.35 bits per heavy atom. The second kappa shape index (κ2) is 6.59. The van der Waals surface area contributed by atoms with Crippen LogP contribution in [0.5, 0.6) is 0 Å². The summed E-state index contributed by atoms with van der Waals surface area (Å²) in [5.74, 6) is -0.927. The van der Waals surface area contributed by atoms with Gasteiger partial charge in [0, 0.05) is 24.9 Å². The number of hydrogen-bond acceptors (Lipinski definition) is 3. The summed E-state index contributed by atoms with van der Waals surface area (Å²) >= 11 is 0. The highest BCUT2D eigenvalue weighted by molar-refractivity contribution is 5.76. The Kier molecular flexibility index (Phi) is 5.41. The van der Waals surface area contributed by atoms with Crippen molar-refractivity contribution in [2.24, 2.45) is 0 Å². The Bertz CT molecular complexity index is 271. The summed E-state index contributed by atoms with van der Waals surface area (Å²) in [6.45, 7) is 4.21. The van der Waals surface area contributed by atoms with Crippen molar-refractivity contribution in [1.29, 1.82) is 0 Å². The summed E-state index contributed by atoms with van der Waals surface area (Å²) < 4.78 is 0. The van der Waals surface area contributed by atoms with E-state index in [1.165, 1.54) is 6.42 Å². The Morgan fingerprint density at radius 1 is 1.24 bits per heavy atom. The zero-order valence-corrected chi connectivity index (χ0v) is 10.6. The number of rotatable bonds is 5. The summed E-state index contributed by atoms with van der Waals surface area (Å²) in [4.78, 5) is 22.0. The fraction of sp³-hybridized carbons (Fsp3) is 0.833. The molecule has 2 N–H and O–H groups in total. The maximum absolute atomic E-state index is 11.6. The summed E-state index contributed by atoms with van der Waals surface area (Å²) in [7, 11) is 0. The normalized spacial score (nSPS) is 25.5. The maximum Gasteiger partial charge on any atom is 0.303 e. The van der Waals surface area contributed by atoms with Gasteiger partial charge >= 0.3 is 5.97 Å². The van der Waals surface area contributed by atoms with Crippen molar-refractivity contribution in [3.63, 3.8) is 0 Å². The standard InChI is InChI=1S/C12H22N2O3/c1-9-5-3-6-10(2)14(9)13-11(15)7-4-8-12(16)17/h9-10H,3-8H2,1-2H3,(H,13,15)(H,16,17). The van der Waals surface area contributed by atoms with Crippen molar-refractivity contribution in [3.8, 4) is 0 Å². The van der Waals surface area contributed by atoms with E-state index in [0.29, 0.717) is 18.5 Å². The summed E-state index contributed by atoms with van der Waals surface area (Å²) in [6, 6.07) is 0.726. The SMILES string of the molecule is CC1CCCC(C)N1NC(=O)CCCC(=O)O. The number of aliphatic carboxylic acids is 1. The molecule has 17 heavy (non-hydrogen) atoms. The lowest BCUT2D eigenvalue weighted by molar-refractivity contribution is -0.137. The number of carbonyl (C=O) groups excluding carboxylic acids is 1. The smallest absolute Gasteiger partial charge is 0.303 e. The minimum absolute atomic E-state index is 0.0541. The molecule has 1 heterocycles. The molecular formula is C12H22N2O3. The van der Waals surface area contributed by atoms with E-state index in [1.54, 1.807) is 0 Å². The molecule has 0 aromatic carbocycles. The van der Waals surface area contributed by atoms with Crippen molar-refractivity contribution in [3.05, 3.63) is 0 Å². The first-order valence-electron chi connectivity index (χ1n) is 6.30. The van der Waals surface area contributed by atoms with Crippen LogP contribution in [0.25, 0.3) is 0 Å². The Hall–Kier alpha value is -1.10. The van der Waals surface area contributed by atoms with Gasteiger partial charge in [-0.3, -0.25) is 15.0 Å². The van der Waals surface area contributed by atoms with Gasteiger partial charge in [0.15, 0.2) is 0 Å². The van der Waals surface area contributed by atoms with Crippen molar-refractivity contribution in [2.45, 2.75) is 64.5 Å². The molecule has 1 saturated heterocycles. The van der Waals surface area contributed by atoms with Gasteiger partial charge in [-0.2, -0.15) is 0 Å². The molecule has 5 nitrogen and oxygen atoms in total. The van der Waals surface area contributed by atoms with Gasteiger partial charge in [0.05, 0.1) is 0 Å². The molecule has 1 aliphatic heterocycles. The van der Waals surface area contributed by atoms with E-state index >= 15 is 0 Å². The quantitative estimate of drug-likeness (QED) is 0.767. The molecule has 1 fully saturated rings. The Labute approximate surface area is 102 Å². The minimum atomic E-state index is -0.850. The first kappa shape index (κ1) is 14.0. The topological polar surface area (TPSA) is 69.6 Å². The van der Waals surface area contributed by atoms with Crippen LogP contribution in [0.15, 0.2) is 0 Å². The molecule has 2 unspecified atom stereocenters. The van der Waals surface area contributed by atoms with Gasteiger partial charge in [-0.1, -0.05) is 6.42 Å². The molecule has 0 bridgehead atoms. The first-order chi connectivity index (χ1) is 8.00. The van der Waals surface area contributed by atoms with Crippen LogP contribution < -0.4 is 5.43 Å². The zero-order chi connectivity index (χ0) is 12.8. The lowest BCUT2D eigenvalue weighted by Gasteiger charge is -2.38. The van der Waals surface area contributed by atoms with E-state index in [9.17, 15) is 9.59 Å². The fourth-order valence-electron chi connectivity index (χ4n) is 2.24. The highest BCUT2D eigenvalue weighted by Gasteiger charge is 2.25. The van der Waals surface area contributed by atoms with Crippen LogP contribution in [-0.2, 0) is 9.59 Å². The van der Waals surface area contributed by atoms with Crippen molar-refractivity contribution in [1.82, 2.24) is 10.4 Å². The maximum atomic E-state index is 11.6. The van der Waals surface area contributed by atoms with Crippen LogP contribution in [0, 0.1) is 0 Å². The molecule has 0 aromatic rings. The molecule has 0 aromatic heterocycles. The third-order valence-corrected chi connectivity index (χ3v) is 3.24. The minimum Gasteiger partial charge on any atom is -0.481 e. The van der Waals surface area contributed by atoms with Gasteiger partial charge in [0.2, 0.25) is 5.91 Å². The molecule has 1 amide bonds.